The van der Waals surface area contributed by atoms with E-state index in [0.717, 1.165) is 0 Å². The fourth-order valence-electron chi connectivity index (χ4n) is 5.42. The molecular formula is C39H65N14O15S. The standard InChI is InChI=1S/C39H65N14O15S/c1-7-18(4)30(53-32(61)21(40)11-28(58)59)36(65)46-12-25(55)44-13-26(56)49-23(15-54)34(63)51-22(9-8-10-43-39(41)42)33(62)47-19(5)31(60)45-14-27(57)50-24(16-69)35(64)52-29(17(2)3)37(66)48-20(6)38(67)68/h17-24,29-30,54,69H,7-16,40H2,1-4,6H3,(H,44,55)(H,45,60)(H,46,65)(H,47,62)(H,48,66)(H,49,56)(H,50,57)(H,51,63)(H,52,64)(H,53,61)(H,58,59)(H,67,68)(H4,41,42,43)/t18-,19?,20-,21-,22-,23-,24-,29-,30-/m0/s1. The van der Waals surface area contributed by atoms with Gasteiger partial charge in [-0.3, -0.25) is 62.5 Å². The number of nitrogens with two attached hydrogens (primary N) is 3. The van der Waals surface area contributed by atoms with E-state index in [2.05, 4.69) is 65.5 Å². The number of carboxylic acids is 2. The lowest BCUT2D eigenvalue weighted by Crippen LogP contribution is -2.59. The molecule has 30 heteroatoms. The minimum atomic E-state index is -2.09. The van der Waals surface area contributed by atoms with Crippen molar-refractivity contribution in [3.8, 4) is 0 Å². The summed E-state index contributed by atoms with van der Waals surface area (Å²) >= 11 is 4.04. The van der Waals surface area contributed by atoms with Crippen LogP contribution >= 0.6 is 12.6 Å². The molecule has 3 radical (unpaired) electrons. The molecule has 0 aliphatic heterocycles. The van der Waals surface area contributed by atoms with Crippen molar-refractivity contribution in [3.05, 3.63) is 6.92 Å². The monoisotopic (exact) mass is 1000 g/mol. The molecule has 0 spiro atoms. The van der Waals surface area contributed by atoms with Crippen molar-refractivity contribution in [3.63, 3.8) is 0 Å². The zero-order valence-corrected chi connectivity index (χ0v) is 39.6. The Bertz CT molecular complexity index is 1870. The van der Waals surface area contributed by atoms with Gasteiger partial charge >= 0.3 is 11.9 Å². The van der Waals surface area contributed by atoms with Crippen LogP contribution in [0, 0.1) is 18.8 Å². The van der Waals surface area contributed by atoms with Gasteiger partial charge in [0.15, 0.2) is 5.96 Å². The minimum Gasteiger partial charge on any atom is -0.481 e. The Morgan fingerprint density at radius 1 is 0.623 bits per heavy atom. The summed E-state index contributed by atoms with van der Waals surface area (Å²) in [6, 6.07) is -11.8. The molecule has 0 heterocycles. The second-order valence-electron chi connectivity index (χ2n) is 15.6. The molecule has 1 unspecified atom stereocenters. The molecule has 0 aliphatic rings. The number of carbonyl (C=O) groups excluding carboxylic acids is 10. The number of thiol groups is 1. The van der Waals surface area contributed by atoms with Crippen molar-refractivity contribution in [2.45, 2.75) is 109 Å². The average Bonchev–Trinajstić information content (AvgIpc) is 3.28. The minimum absolute atomic E-state index is 0.0384. The highest BCUT2D eigenvalue weighted by Gasteiger charge is 2.32. The molecule has 387 valence electrons. The predicted molar refractivity (Wildman–Crippen MR) is 244 cm³/mol. The van der Waals surface area contributed by atoms with Crippen molar-refractivity contribution < 1.29 is 72.9 Å². The van der Waals surface area contributed by atoms with Gasteiger partial charge in [0.25, 0.3) is 0 Å². The number of guanidine groups is 1. The smallest absolute Gasteiger partial charge is 0.325 e. The third kappa shape index (κ3) is 24.7. The third-order valence-corrected chi connectivity index (χ3v) is 9.95. The van der Waals surface area contributed by atoms with Crippen LogP contribution in [0.2, 0.25) is 0 Å². The summed E-state index contributed by atoms with van der Waals surface area (Å²) in [5.74, 6) is -13.9. The Morgan fingerprint density at radius 3 is 1.67 bits per heavy atom. The van der Waals surface area contributed by atoms with E-state index in [1.165, 1.54) is 6.92 Å². The van der Waals surface area contributed by atoms with Crippen molar-refractivity contribution >= 4 is 89.6 Å². The Hall–Kier alpha value is -6.82. The lowest BCUT2D eigenvalue weighted by Gasteiger charge is -2.25. The fraction of sp³-hybridized carbons (Fsp3) is 0.641. The zero-order valence-electron chi connectivity index (χ0n) is 38.7. The molecule has 9 atom stereocenters. The Kier molecular flexibility index (Phi) is 28.9. The molecule has 19 N–H and O–H groups in total. The van der Waals surface area contributed by atoms with Crippen molar-refractivity contribution in [2.24, 2.45) is 34.0 Å². The maximum atomic E-state index is 13.3. The third-order valence-electron chi connectivity index (χ3n) is 9.59. The van der Waals surface area contributed by atoms with E-state index in [1.807, 2.05) is 5.32 Å². The molecule has 0 aromatic carbocycles. The first-order valence-corrected chi connectivity index (χ1v) is 21.9. The molecule has 0 bridgehead atoms. The van der Waals surface area contributed by atoms with E-state index in [-0.39, 0.29) is 31.1 Å². The van der Waals surface area contributed by atoms with E-state index in [1.54, 1.807) is 27.7 Å². The first-order valence-electron chi connectivity index (χ1n) is 21.3. The lowest BCUT2D eigenvalue weighted by atomic mass is 9.97. The molecule has 0 saturated carbocycles. The van der Waals surface area contributed by atoms with Crippen LogP contribution in [0.15, 0.2) is 4.99 Å². The molecule has 0 aromatic heterocycles. The van der Waals surface area contributed by atoms with E-state index < -0.39 is 164 Å². The quantitative estimate of drug-likeness (QED) is 0.0129. The molecule has 0 aliphatic carbocycles. The van der Waals surface area contributed by atoms with Gasteiger partial charge in [-0.1, -0.05) is 34.1 Å². The van der Waals surface area contributed by atoms with Gasteiger partial charge in [0.05, 0.1) is 38.7 Å². The number of hydrogen-bond donors (Lipinski definition) is 17. The maximum absolute atomic E-state index is 13.3. The van der Waals surface area contributed by atoms with Crippen LogP contribution in [0.3, 0.4) is 0 Å². The number of hydrogen-bond acceptors (Lipinski definition) is 16. The summed E-state index contributed by atoms with van der Waals surface area (Å²) in [6.45, 7) is 12.5. The summed E-state index contributed by atoms with van der Waals surface area (Å²) < 4.78 is 0. The molecule has 0 rings (SSSR count). The van der Waals surface area contributed by atoms with Gasteiger partial charge in [-0.05, 0) is 31.6 Å². The van der Waals surface area contributed by atoms with Crippen LogP contribution < -0.4 is 70.4 Å². The average molecular weight is 1000 g/mol. The van der Waals surface area contributed by atoms with Gasteiger partial charge < -0.3 is 85.7 Å². The number of nitrogens with one attached hydrogen (secondary N) is 10. The Balaban J connectivity index is 5.51. The van der Waals surface area contributed by atoms with Crippen LogP contribution in [0.5, 0.6) is 0 Å². The lowest BCUT2D eigenvalue weighted by molar-refractivity contribution is -0.142. The van der Waals surface area contributed by atoms with Crippen molar-refractivity contribution in [1.82, 2.24) is 53.2 Å². The number of aliphatic hydroxyl groups excluding tert-OH is 1. The summed E-state index contributed by atoms with van der Waals surface area (Å²) in [5.41, 5.74) is 16.2. The SMILES string of the molecule is [C]C(NC(=O)[C@H](CCCN=C(N)N)NC(=O)[C@H](CO)NC(=O)CNC(=O)CNC(=O)[C@@H](NC(=O)[C@@H](N)CC(=O)O)[C@@H](C)CC)C(=O)NCC(=O)N[C@@H](CS)C(=O)N[C@H](C(=O)N[C@@H](C)C(=O)O)C(C)C. The van der Waals surface area contributed by atoms with Crippen LogP contribution in [0.1, 0.15) is 60.3 Å². The van der Waals surface area contributed by atoms with E-state index in [9.17, 15) is 62.6 Å². The number of aliphatic carboxylic acids is 2. The Labute approximate surface area is 402 Å². The molecule has 0 aromatic rings. The van der Waals surface area contributed by atoms with E-state index in [0.29, 0.717) is 6.42 Å². The fourth-order valence-corrected chi connectivity index (χ4v) is 5.67. The largest absolute Gasteiger partial charge is 0.481 e. The number of nitrogens with zero attached hydrogens (tertiary/aromatic N) is 1. The first kappa shape index (κ1) is 62.2. The van der Waals surface area contributed by atoms with Crippen molar-refractivity contribution in [1.29, 1.82) is 0 Å². The van der Waals surface area contributed by atoms with Gasteiger partial charge in [0.1, 0.15) is 42.3 Å². The molecule has 10 amide bonds. The second kappa shape index (κ2) is 32.0. The normalized spacial score (nSPS) is 14.7. The number of carbonyl (C=O) groups is 12. The summed E-state index contributed by atoms with van der Waals surface area (Å²) in [5, 5.41) is 50.2. The molecular weight excluding hydrogens is 937 g/mol. The number of rotatable bonds is 32. The van der Waals surface area contributed by atoms with Gasteiger partial charge in [0.2, 0.25) is 59.1 Å². The first-order chi connectivity index (χ1) is 32.2. The second-order valence-corrected chi connectivity index (χ2v) is 16.0. The highest BCUT2D eigenvalue weighted by Crippen LogP contribution is 2.09. The summed E-state index contributed by atoms with van der Waals surface area (Å²) in [4.78, 5) is 153. The van der Waals surface area contributed by atoms with Crippen LogP contribution in [0.4, 0.5) is 0 Å². The molecule has 29 nitrogen and oxygen atoms in total. The summed E-state index contributed by atoms with van der Waals surface area (Å²) in [7, 11) is 0. The number of aliphatic imine (C=N–C) groups is 1. The maximum Gasteiger partial charge on any atom is 0.325 e. The number of amides is 10. The van der Waals surface area contributed by atoms with Gasteiger partial charge in [-0.2, -0.15) is 12.6 Å². The van der Waals surface area contributed by atoms with Crippen LogP contribution in [-0.2, 0) is 57.5 Å². The molecule has 0 fully saturated rings. The van der Waals surface area contributed by atoms with E-state index >= 15 is 0 Å². The van der Waals surface area contributed by atoms with E-state index in [4.69, 9.17) is 34.3 Å². The Morgan fingerprint density at radius 2 is 1.14 bits per heavy atom. The topological polar surface area (TPSA) is 476 Å². The number of carboxylic acid groups (broad SMARTS) is 2. The van der Waals surface area contributed by atoms with Gasteiger partial charge in [-0.25, -0.2) is 0 Å². The van der Waals surface area contributed by atoms with Crippen LogP contribution in [0.25, 0.3) is 0 Å². The van der Waals surface area contributed by atoms with Gasteiger partial charge in [0, 0.05) is 19.2 Å². The van der Waals surface area contributed by atoms with Crippen LogP contribution in [-0.4, -0.2) is 179 Å². The number of aliphatic hydroxyl groups is 1. The molecule has 69 heavy (non-hydrogen) atoms. The highest BCUT2D eigenvalue weighted by atomic mass is 32.1. The van der Waals surface area contributed by atoms with Gasteiger partial charge in [-0.15, -0.1) is 0 Å². The van der Waals surface area contributed by atoms with Crippen molar-refractivity contribution in [2.75, 3.05) is 38.5 Å². The highest BCUT2D eigenvalue weighted by molar-refractivity contribution is 7.80. The summed E-state index contributed by atoms with van der Waals surface area (Å²) in [6.07, 6.45) is -0.490. The predicted octanol–water partition coefficient (Wildman–Crippen LogP) is -8.10. The molecule has 0 saturated heterocycles. The zero-order chi connectivity index (χ0) is 53.1.